The van der Waals surface area contributed by atoms with Crippen molar-refractivity contribution in [2.75, 3.05) is 6.54 Å². The Balaban J connectivity index is 1.95. The summed E-state index contributed by atoms with van der Waals surface area (Å²) in [6.07, 6.45) is 3.65. The van der Waals surface area contributed by atoms with Crippen molar-refractivity contribution in [2.45, 2.75) is 45.2 Å². The average Bonchev–Trinajstić information content (AvgIpc) is 2.11. The molecule has 0 aromatic heterocycles. The zero-order valence-corrected chi connectivity index (χ0v) is 9.07. The predicted octanol–water partition coefficient (Wildman–Crippen LogP) is 0.981. The number of likely N-dealkylation sites (tertiary alicyclic amines) is 1. The Morgan fingerprint density at radius 3 is 2.21 bits per heavy atom. The quantitative estimate of drug-likeness (QED) is 0.635. The normalized spacial score (nSPS) is 43.6. The molecule has 14 heavy (non-hydrogen) atoms. The molecule has 2 fully saturated rings. The van der Waals surface area contributed by atoms with Gasteiger partial charge < -0.3 is 10.6 Å². The van der Waals surface area contributed by atoms with Gasteiger partial charge in [-0.05, 0) is 31.1 Å². The predicted molar refractivity (Wildman–Crippen MR) is 55.7 cm³/mol. The first-order chi connectivity index (χ1) is 6.58. The summed E-state index contributed by atoms with van der Waals surface area (Å²) in [6, 6.07) is 0.267. The van der Waals surface area contributed by atoms with Crippen LogP contribution in [0, 0.1) is 11.8 Å². The van der Waals surface area contributed by atoms with Gasteiger partial charge in [-0.25, -0.2) is 0 Å². The summed E-state index contributed by atoms with van der Waals surface area (Å²) in [4.78, 5) is 13.5. The Hall–Kier alpha value is -0.570. The van der Waals surface area contributed by atoms with Gasteiger partial charge >= 0.3 is 0 Å². The second kappa shape index (κ2) is 3.54. The Morgan fingerprint density at radius 1 is 1.21 bits per heavy atom. The number of carbonyl (C=O) groups is 1. The van der Waals surface area contributed by atoms with Crippen molar-refractivity contribution in [3.8, 4) is 0 Å². The van der Waals surface area contributed by atoms with E-state index < -0.39 is 0 Å². The molecule has 1 saturated carbocycles. The highest BCUT2D eigenvalue weighted by Gasteiger charge is 2.40. The Kier molecular flexibility index (Phi) is 2.52. The Labute approximate surface area is 85.6 Å². The molecular weight excluding hydrogens is 176 g/mol. The van der Waals surface area contributed by atoms with Gasteiger partial charge in [0.2, 0.25) is 5.91 Å². The van der Waals surface area contributed by atoms with Crippen LogP contribution in [-0.2, 0) is 4.79 Å². The van der Waals surface area contributed by atoms with Gasteiger partial charge in [-0.1, -0.05) is 13.8 Å². The summed E-state index contributed by atoms with van der Waals surface area (Å²) in [7, 11) is 0. The van der Waals surface area contributed by atoms with Crippen molar-refractivity contribution in [2.24, 2.45) is 17.6 Å². The van der Waals surface area contributed by atoms with E-state index in [9.17, 15) is 4.79 Å². The average molecular weight is 196 g/mol. The smallest absolute Gasteiger partial charge is 0.241 e. The van der Waals surface area contributed by atoms with E-state index in [0.29, 0.717) is 6.04 Å². The van der Waals surface area contributed by atoms with Gasteiger partial charge in [-0.2, -0.15) is 0 Å². The molecule has 3 atom stereocenters. The summed E-state index contributed by atoms with van der Waals surface area (Å²) < 4.78 is 0. The first kappa shape index (κ1) is 9.97. The van der Waals surface area contributed by atoms with Crippen LogP contribution in [-0.4, -0.2) is 29.4 Å². The number of β-lactam (4-membered cyclic amide) rings is 1. The first-order valence-corrected chi connectivity index (χ1v) is 5.64. The van der Waals surface area contributed by atoms with Crippen molar-refractivity contribution >= 4 is 5.91 Å². The number of amides is 1. The monoisotopic (exact) mass is 196 g/mol. The number of carbonyl (C=O) groups excluding carboxylic acids is 1. The molecule has 1 amide bonds. The third-order valence-electron chi connectivity index (χ3n) is 3.59. The molecule has 3 heteroatoms. The summed E-state index contributed by atoms with van der Waals surface area (Å²) in [6.45, 7) is 5.35. The van der Waals surface area contributed by atoms with E-state index in [4.69, 9.17) is 5.73 Å². The molecule has 0 spiro atoms. The van der Waals surface area contributed by atoms with Crippen LogP contribution in [0.25, 0.3) is 0 Å². The molecule has 3 unspecified atom stereocenters. The van der Waals surface area contributed by atoms with Gasteiger partial charge in [-0.3, -0.25) is 4.79 Å². The fraction of sp³-hybridized carbons (Fsp3) is 0.909. The van der Waals surface area contributed by atoms with E-state index in [1.807, 2.05) is 4.90 Å². The Morgan fingerprint density at radius 2 is 1.79 bits per heavy atom. The van der Waals surface area contributed by atoms with E-state index in [-0.39, 0.29) is 11.9 Å². The van der Waals surface area contributed by atoms with Gasteiger partial charge in [0.05, 0.1) is 0 Å². The molecule has 0 aromatic carbocycles. The second-order valence-electron chi connectivity index (χ2n) is 5.17. The third-order valence-corrected chi connectivity index (χ3v) is 3.59. The van der Waals surface area contributed by atoms with E-state index in [1.165, 1.54) is 19.3 Å². The highest BCUT2D eigenvalue weighted by molar-refractivity contribution is 5.87. The molecule has 1 aliphatic heterocycles. The number of nitrogens with two attached hydrogens (primary N) is 1. The summed E-state index contributed by atoms with van der Waals surface area (Å²) in [5, 5.41) is 0. The van der Waals surface area contributed by atoms with E-state index >= 15 is 0 Å². The maximum absolute atomic E-state index is 11.5. The first-order valence-electron chi connectivity index (χ1n) is 5.64. The zero-order valence-electron chi connectivity index (χ0n) is 9.07. The van der Waals surface area contributed by atoms with Crippen LogP contribution in [0.2, 0.25) is 0 Å². The van der Waals surface area contributed by atoms with Crippen LogP contribution >= 0.6 is 0 Å². The van der Waals surface area contributed by atoms with Gasteiger partial charge in [0.1, 0.15) is 6.04 Å². The van der Waals surface area contributed by atoms with E-state index in [0.717, 1.165) is 18.4 Å². The van der Waals surface area contributed by atoms with Crippen molar-refractivity contribution in [1.29, 1.82) is 0 Å². The van der Waals surface area contributed by atoms with Crippen molar-refractivity contribution in [1.82, 2.24) is 4.90 Å². The third kappa shape index (κ3) is 1.65. The summed E-state index contributed by atoms with van der Waals surface area (Å²) in [5.41, 5.74) is 5.60. The fourth-order valence-corrected chi connectivity index (χ4v) is 2.97. The molecule has 1 heterocycles. The maximum Gasteiger partial charge on any atom is 0.241 e. The molecular formula is C11H20N2O. The second-order valence-corrected chi connectivity index (χ2v) is 5.17. The molecule has 0 radical (unpaired) electrons. The van der Waals surface area contributed by atoms with Crippen LogP contribution < -0.4 is 5.73 Å². The van der Waals surface area contributed by atoms with Crippen molar-refractivity contribution < 1.29 is 4.79 Å². The highest BCUT2D eigenvalue weighted by atomic mass is 16.2. The van der Waals surface area contributed by atoms with Gasteiger partial charge in [0.15, 0.2) is 0 Å². The van der Waals surface area contributed by atoms with Crippen LogP contribution in [0.4, 0.5) is 0 Å². The molecule has 80 valence electrons. The number of rotatable bonds is 1. The molecule has 1 saturated heterocycles. The summed E-state index contributed by atoms with van der Waals surface area (Å²) >= 11 is 0. The molecule has 0 aromatic rings. The van der Waals surface area contributed by atoms with Crippen LogP contribution in [0.5, 0.6) is 0 Å². The minimum absolute atomic E-state index is 0.163. The lowest BCUT2D eigenvalue weighted by molar-refractivity contribution is -0.147. The van der Waals surface area contributed by atoms with Gasteiger partial charge in [0, 0.05) is 12.6 Å². The Bertz CT molecular complexity index is 231. The standard InChI is InChI=1S/C11H20N2O/c1-7-3-8(2)5-9(4-7)13-6-10(12)11(13)14/h7-10H,3-6,12H2,1-2H3. The van der Waals surface area contributed by atoms with Gasteiger partial charge in [-0.15, -0.1) is 0 Å². The molecule has 1 aliphatic carbocycles. The van der Waals surface area contributed by atoms with Crippen LogP contribution in [0.15, 0.2) is 0 Å². The SMILES string of the molecule is CC1CC(C)CC(N2CC(N)C2=O)C1. The minimum atomic E-state index is -0.206. The molecule has 2 rings (SSSR count). The minimum Gasteiger partial charge on any atom is -0.336 e. The lowest BCUT2D eigenvalue weighted by atomic mass is 9.78. The number of hydrogen-bond donors (Lipinski definition) is 1. The molecule has 2 N–H and O–H groups in total. The summed E-state index contributed by atoms with van der Waals surface area (Å²) in [5.74, 6) is 1.68. The fourth-order valence-electron chi connectivity index (χ4n) is 2.97. The lowest BCUT2D eigenvalue weighted by Crippen LogP contribution is -2.64. The largest absolute Gasteiger partial charge is 0.336 e. The maximum atomic E-state index is 11.5. The van der Waals surface area contributed by atoms with E-state index in [2.05, 4.69) is 13.8 Å². The highest BCUT2D eigenvalue weighted by Crippen LogP contribution is 2.33. The van der Waals surface area contributed by atoms with Gasteiger partial charge in [0.25, 0.3) is 0 Å². The number of nitrogens with zero attached hydrogens (tertiary/aromatic N) is 1. The van der Waals surface area contributed by atoms with Crippen LogP contribution in [0.1, 0.15) is 33.1 Å². The van der Waals surface area contributed by atoms with Crippen LogP contribution in [0.3, 0.4) is 0 Å². The molecule has 0 bridgehead atoms. The zero-order chi connectivity index (χ0) is 10.3. The number of hydrogen-bond acceptors (Lipinski definition) is 2. The molecule has 2 aliphatic rings. The molecule has 3 nitrogen and oxygen atoms in total. The lowest BCUT2D eigenvalue weighted by Gasteiger charge is -2.46. The van der Waals surface area contributed by atoms with Crippen molar-refractivity contribution in [3.63, 3.8) is 0 Å². The topological polar surface area (TPSA) is 46.3 Å². The van der Waals surface area contributed by atoms with E-state index in [1.54, 1.807) is 0 Å². The van der Waals surface area contributed by atoms with Crippen molar-refractivity contribution in [3.05, 3.63) is 0 Å².